The normalized spacial score (nSPS) is 16.3. The molecule has 0 aliphatic carbocycles. The van der Waals surface area contributed by atoms with Crippen molar-refractivity contribution < 1.29 is 23.8 Å². The van der Waals surface area contributed by atoms with Gasteiger partial charge in [-0.15, -0.1) is 0 Å². The number of carbonyl (C=O) groups excluding carboxylic acids is 2. The maximum absolute atomic E-state index is 12.1. The van der Waals surface area contributed by atoms with Crippen molar-refractivity contribution in [1.29, 1.82) is 0 Å². The third kappa shape index (κ3) is 4.58. The van der Waals surface area contributed by atoms with Gasteiger partial charge in [-0.1, -0.05) is 30.3 Å². The predicted octanol–water partition coefficient (Wildman–Crippen LogP) is 2.86. The fourth-order valence-corrected chi connectivity index (χ4v) is 2.77. The Morgan fingerprint density at radius 2 is 1.89 bits per heavy atom. The molecule has 1 N–H and O–H groups in total. The summed E-state index contributed by atoms with van der Waals surface area (Å²) in [5.74, 6) is 0.0738. The van der Waals surface area contributed by atoms with E-state index in [1.807, 2.05) is 45.0 Å². The van der Waals surface area contributed by atoms with Crippen molar-refractivity contribution in [2.24, 2.45) is 0 Å². The molecule has 1 aliphatic heterocycles. The van der Waals surface area contributed by atoms with Crippen LogP contribution in [0.1, 0.15) is 29.7 Å². The van der Waals surface area contributed by atoms with Gasteiger partial charge in [-0.25, -0.2) is 4.79 Å². The van der Waals surface area contributed by atoms with Crippen LogP contribution < -0.4 is 14.8 Å². The van der Waals surface area contributed by atoms with Crippen molar-refractivity contribution in [2.45, 2.75) is 32.9 Å². The second-order valence-corrected chi connectivity index (χ2v) is 6.60. The van der Waals surface area contributed by atoms with E-state index in [1.165, 1.54) is 5.56 Å². The summed E-state index contributed by atoms with van der Waals surface area (Å²) in [7, 11) is 0. The van der Waals surface area contributed by atoms with Gasteiger partial charge < -0.3 is 19.5 Å². The molecule has 0 saturated heterocycles. The molecule has 0 aromatic heterocycles. The molecule has 0 radical (unpaired) electrons. The molecule has 2 atom stereocenters. The quantitative estimate of drug-likeness (QED) is 0.821. The van der Waals surface area contributed by atoms with Crippen molar-refractivity contribution in [3.63, 3.8) is 0 Å². The van der Waals surface area contributed by atoms with E-state index in [-0.39, 0.29) is 25.2 Å². The summed E-state index contributed by atoms with van der Waals surface area (Å²) >= 11 is 0. The number of hydrogen-bond acceptors (Lipinski definition) is 5. The van der Waals surface area contributed by atoms with E-state index in [9.17, 15) is 9.59 Å². The van der Waals surface area contributed by atoms with Gasteiger partial charge in [-0.05, 0) is 49.6 Å². The second-order valence-electron chi connectivity index (χ2n) is 6.60. The molecular formula is C21H23NO5. The summed E-state index contributed by atoms with van der Waals surface area (Å²) in [6, 6.07) is 12.9. The lowest BCUT2D eigenvalue weighted by Gasteiger charge is -2.25. The monoisotopic (exact) mass is 369 g/mol. The van der Waals surface area contributed by atoms with Gasteiger partial charge in [-0.2, -0.15) is 0 Å². The van der Waals surface area contributed by atoms with Crippen LogP contribution in [0.25, 0.3) is 0 Å². The van der Waals surface area contributed by atoms with E-state index in [4.69, 9.17) is 14.2 Å². The molecule has 6 nitrogen and oxygen atoms in total. The number of benzene rings is 2. The number of hydrogen-bond donors (Lipinski definition) is 1. The van der Waals surface area contributed by atoms with Gasteiger partial charge in [0, 0.05) is 0 Å². The van der Waals surface area contributed by atoms with Crippen molar-refractivity contribution in [1.82, 2.24) is 5.32 Å². The zero-order valence-corrected chi connectivity index (χ0v) is 15.7. The van der Waals surface area contributed by atoms with E-state index in [0.29, 0.717) is 11.5 Å². The minimum absolute atomic E-state index is 0.0521. The van der Waals surface area contributed by atoms with E-state index in [0.717, 1.165) is 11.1 Å². The highest BCUT2D eigenvalue weighted by molar-refractivity contribution is 5.82. The zero-order valence-electron chi connectivity index (χ0n) is 15.7. The third-order valence-electron chi connectivity index (χ3n) is 4.53. The lowest BCUT2D eigenvalue weighted by Crippen LogP contribution is -2.40. The van der Waals surface area contributed by atoms with Crippen molar-refractivity contribution in [3.8, 4) is 11.5 Å². The largest absolute Gasteiger partial charge is 0.485 e. The highest BCUT2D eigenvalue weighted by Gasteiger charge is 2.29. The number of fused-ring (bicyclic) bond motifs is 1. The second kappa shape index (κ2) is 8.12. The van der Waals surface area contributed by atoms with Gasteiger partial charge in [0.2, 0.25) is 6.10 Å². The molecule has 27 heavy (non-hydrogen) atoms. The molecule has 0 saturated carbocycles. The molecule has 142 valence electrons. The Balaban J connectivity index is 1.49. The molecule has 6 heteroatoms. The third-order valence-corrected chi connectivity index (χ3v) is 4.53. The molecular weight excluding hydrogens is 346 g/mol. The van der Waals surface area contributed by atoms with Crippen LogP contribution in [0.2, 0.25) is 0 Å². The lowest BCUT2D eigenvalue weighted by molar-refractivity contribution is -0.157. The molecule has 0 bridgehead atoms. The highest BCUT2D eigenvalue weighted by Crippen LogP contribution is 2.31. The molecule has 1 heterocycles. The molecule has 2 aromatic rings. The van der Waals surface area contributed by atoms with Crippen LogP contribution >= 0.6 is 0 Å². The molecule has 0 spiro atoms. The number of amides is 1. The van der Waals surface area contributed by atoms with Gasteiger partial charge in [0.05, 0.1) is 6.04 Å². The number of esters is 1. The Hall–Kier alpha value is -3.02. The summed E-state index contributed by atoms with van der Waals surface area (Å²) in [5, 5.41) is 2.83. The average Bonchev–Trinajstić information content (AvgIpc) is 2.67. The van der Waals surface area contributed by atoms with Crippen LogP contribution in [-0.4, -0.2) is 31.2 Å². The molecule has 0 unspecified atom stereocenters. The van der Waals surface area contributed by atoms with Crippen molar-refractivity contribution in [3.05, 3.63) is 59.2 Å². The topological polar surface area (TPSA) is 73.9 Å². The van der Waals surface area contributed by atoms with Crippen LogP contribution in [0.3, 0.4) is 0 Å². The fraction of sp³-hybridized carbons (Fsp3) is 0.333. The summed E-state index contributed by atoms with van der Waals surface area (Å²) in [6.45, 7) is 5.64. The van der Waals surface area contributed by atoms with Gasteiger partial charge in [0.15, 0.2) is 18.1 Å². The first-order valence-electron chi connectivity index (χ1n) is 8.85. The maximum atomic E-state index is 12.1. The van der Waals surface area contributed by atoms with Crippen molar-refractivity contribution >= 4 is 11.9 Å². The van der Waals surface area contributed by atoms with Gasteiger partial charge in [0.25, 0.3) is 5.91 Å². The summed E-state index contributed by atoms with van der Waals surface area (Å²) in [5.41, 5.74) is 3.36. The van der Waals surface area contributed by atoms with E-state index < -0.39 is 12.1 Å². The first-order valence-corrected chi connectivity index (χ1v) is 8.85. The van der Waals surface area contributed by atoms with E-state index in [2.05, 4.69) is 5.32 Å². The van der Waals surface area contributed by atoms with Crippen LogP contribution in [-0.2, 0) is 14.3 Å². The predicted molar refractivity (Wildman–Crippen MR) is 99.8 cm³/mol. The van der Waals surface area contributed by atoms with E-state index >= 15 is 0 Å². The van der Waals surface area contributed by atoms with Gasteiger partial charge >= 0.3 is 5.97 Å². The molecule has 0 fully saturated rings. The van der Waals surface area contributed by atoms with Crippen molar-refractivity contribution in [2.75, 3.05) is 13.2 Å². The molecule has 2 aromatic carbocycles. The number of ether oxygens (including phenoxy) is 3. The summed E-state index contributed by atoms with van der Waals surface area (Å²) in [6.07, 6.45) is -0.884. The Labute approximate surface area is 158 Å². The van der Waals surface area contributed by atoms with Crippen LogP contribution in [0, 0.1) is 13.8 Å². The number of carbonyl (C=O) groups is 2. The van der Waals surface area contributed by atoms with Crippen LogP contribution in [0.4, 0.5) is 0 Å². The Morgan fingerprint density at radius 1 is 1.15 bits per heavy atom. The zero-order chi connectivity index (χ0) is 19.4. The highest BCUT2D eigenvalue weighted by atomic mass is 16.6. The molecule has 3 rings (SSSR count). The first-order chi connectivity index (χ1) is 12.9. The Morgan fingerprint density at radius 3 is 2.63 bits per heavy atom. The number of rotatable bonds is 5. The standard InChI is InChI=1S/C21H23NO5/c1-13-8-9-16(10-14(13)2)15(3)22-20(23)12-26-21(24)19-11-25-17-6-4-5-7-18(17)27-19/h4-10,15,19H,11-12H2,1-3H3,(H,22,23)/t15-,19+/m0/s1. The van der Waals surface area contributed by atoms with Crippen LogP contribution in [0.15, 0.2) is 42.5 Å². The summed E-state index contributed by atoms with van der Waals surface area (Å²) in [4.78, 5) is 24.2. The Kier molecular flexibility index (Phi) is 5.64. The lowest BCUT2D eigenvalue weighted by atomic mass is 10.0. The van der Waals surface area contributed by atoms with Gasteiger partial charge in [0.1, 0.15) is 6.61 Å². The smallest absolute Gasteiger partial charge is 0.351 e. The fourth-order valence-electron chi connectivity index (χ4n) is 2.77. The average molecular weight is 369 g/mol. The van der Waals surface area contributed by atoms with E-state index in [1.54, 1.807) is 18.2 Å². The minimum Gasteiger partial charge on any atom is -0.485 e. The first kappa shape index (κ1) is 18.8. The SMILES string of the molecule is Cc1ccc([C@H](C)NC(=O)COC(=O)[C@H]2COc3ccccc3O2)cc1C. The number of nitrogens with one attached hydrogen (secondary N) is 1. The molecule has 1 amide bonds. The Bertz CT molecular complexity index is 848. The minimum atomic E-state index is -0.884. The number of para-hydroxylation sites is 2. The summed E-state index contributed by atoms with van der Waals surface area (Å²) < 4.78 is 16.1. The molecule has 1 aliphatic rings. The maximum Gasteiger partial charge on any atom is 0.351 e. The number of aryl methyl sites for hydroxylation is 2. The van der Waals surface area contributed by atoms with Crippen LogP contribution in [0.5, 0.6) is 11.5 Å². The van der Waals surface area contributed by atoms with Gasteiger partial charge in [-0.3, -0.25) is 4.79 Å².